The van der Waals surface area contributed by atoms with Crippen LogP contribution in [0, 0.1) is 0 Å². The molecule has 0 unspecified atom stereocenters. The van der Waals surface area contributed by atoms with Gasteiger partial charge >= 0.3 is 5.97 Å². The summed E-state index contributed by atoms with van der Waals surface area (Å²) < 4.78 is 17.3. The van der Waals surface area contributed by atoms with Crippen molar-refractivity contribution >= 4 is 18.1 Å². The molecule has 266 valence electrons. The van der Waals surface area contributed by atoms with E-state index in [1.807, 2.05) is 6.07 Å². The second kappa shape index (κ2) is 23.9. The molecule has 8 heteroatoms. The third-order valence-corrected chi connectivity index (χ3v) is 8.29. The number of hydrogen-bond acceptors (Lipinski definition) is 7. The van der Waals surface area contributed by atoms with Gasteiger partial charge in [-0.1, -0.05) is 122 Å². The van der Waals surface area contributed by atoms with Crippen LogP contribution in [0.4, 0.5) is 0 Å². The SMILES string of the molecule is CCCCCCCCCCOc1cc(C(=O)N/N=C/c2ccc(OC(=O)c3ccccc3)cc2)cc(OCCCCCCCCCC)c1O. The van der Waals surface area contributed by atoms with E-state index in [0.717, 1.165) is 38.5 Å². The summed E-state index contributed by atoms with van der Waals surface area (Å²) in [5, 5.41) is 15.1. The maximum Gasteiger partial charge on any atom is 0.343 e. The first-order valence-corrected chi connectivity index (χ1v) is 18.3. The Kier molecular flexibility index (Phi) is 19.1. The molecule has 0 saturated heterocycles. The summed E-state index contributed by atoms with van der Waals surface area (Å²) in [6.07, 6.45) is 20.3. The van der Waals surface area contributed by atoms with Crippen molar-refractivity contribution in [3.05, 3.63) is 83.4 Å². The Morgan fingerprint density at radius 1 is 0.653 bits per heavy atom. The largest absolute Gasteiger partial charge is 0.502 e. The summed E-state index contributed by atoms with van der Waals surface area (Å²) >= 11 is 0. The summed E-state index contributed by atoms with van der Waals surface area (Å²) in [6.45, 7) is 5.34. The number of rotatable bonds is 25. The number of nitrogens with zero attached hydrogens (tertiary/aromatic N) is 1. The average molecular weight is 673 g/mol. The topological polar surface area (TPSA) is 106 Å². The number of amides is 1. The van der Waals surface area contributed by atoms with Crippen LogP contribution in [-0.4, -0.2) is 36.4 Å². The van der Waals surface area contributed by atoms with Crippen molar-refractivity contribution < 1.29 is 28.9 Å². The van der Waals surface area contributed by atoms with Crippen molar-refractivity contribution in [2.24, 2.45) is 5.10 Å². The Bertz CT molecular complexity index is 1350. The second-order valence-corrected chi connectivity index (χ2v) is 12.5. The van der Waals surface area contributed by atoms with Gasteiger partial charge in [0.25, 0.3) is 5.91 Å². The number of aromatic hydroxyl groups is 1. The van der Waals surface area contributed by atoms with Crippen LogP contribution >= 0.6 is 0 Å². The van der Waals surface area contributed by atoms with E-state index in [0.29, 0.717) is 30.1 Å². The lowest BCUT2D eigenvalue weighted by molar-refractivity contribution is 0.0734. The number of phenols is 1. The zero-order valence-corrected chi connectivity index (χ0v) is 29.6. The molecule has 3 aromatic carbocycles. The zero-order valence-electron chi connectivity index (χ0n) is 29.6. The minimum atomic E-state index is -0.460. The van der Waals surface area contributed by atoms with E-state index in [-0.39, 0.29) is 22.8 Å². The average Bonchev–Trinajstić information content (AvgIpc) is 3.12. The first-order valence-electron chi connectivity index (χ1n) is 18.3. The van der Waals surface area contributed by atoms with E-state index in [4.69, 9.17) is 14.2 Å². The minimum absolute atomic E-state index is 0.0905. The van der Waals surface area contributed by atoms with Gasteiger partial charge < -0.3 is 19.3 Å². The smallest absolute Gasteiger partial charge is 0.343 e. The molecule has 2 N–H and O–H groups in total. The summed E-state index contributed by atoms with van der Waals surface area (Å²) in [7, 11) is 0. The lowest BCUT2D eigenvalue weighted by atomic mass is 10.1. The van der Waals surface area contributed by atoms with Crippen LogP contribution in [0.3, 0.4) is 0 Å². The fourth-order valence-electron chi connectivity index (χ4n) is 5.36. The Morgan fingerprint density at radius 3 is 1.65 bits per heavy atom. The summed E-state index contributed by atoms with van der Waals surface area (Å²) in [5.74, 6) is -0.133. The van der Waals surface area contributed by atoms with Crippen molar-refractivity contribution in [3.8, 4) is 23.0 Å². The summed E-state index contributed by atoms with van der Waals surface area (Å²) in [5.41, 5.74) is 3.99. The standard InChI is InChI=1S/C41H56N2O6/c1-3-5-7-9-11-13-15-20-28-47-37-30-35(31-38(39(37)44)48-29-21-16-14-12-10-8-6-4-2)40(45)43-42-32-33-24-26-36(27-25-33)49-41(46)34-22-18-17-19-23-34/h17-19,22-27,30-32,44H,3-16,20-21,28-29H2,1-2H3,(H,43,45)/b42-32+. The number of esters is 1. The Hall–Kier alpha value is -4.33. The van der Waals surface area contributed by atoms with Crippen LogP contribution in [0.15, 0.2) is 71.8 Å². The zero-order chi connectivity index (χ0) is 34.9. The predicted octanol–water partition coefficient (Wildman–Crippen LogP) is 10.4. The number of unbranched alkanes of at least 4 members (excludes halogenated alkanes) is 14. The second-order valence-electron chi connectivity index (χ2n) is 12.5. The van der Waals surface area contributed by atoms with Gasteiger partial charge in [-0.3, -0.25) is 4.79 Å². The molecule has 0 aliphatic carbocycles. The quantitative estimate of drug-likeness (QED) is 0.0305. The van der Waals surface area contributed by atoms with Crippen LogP contribution in [0.25, 0.3) is 0 Å². The Labute approximate surface area is 293 Å². The highest BCUT2D eigenvalue weighted by atomic mass is 16.5. The van der Waals surface area contributed by atoms with E-state index >= 15 is 0 Å². The molecule has 0 atom stereocenters. The number of nitrogens with one attached hydrogen (secondary N) is 1. The maximum absolute atomic E-state index is 13.1. The highest BCUT2D eigenvalue weighted by Crippen LogP contribution is 2.38. The molecule has 0 fully saturated rings. The molecule has 8 nitrogen and oxygen atoms in total. The first-order chi connectivity index (χ1) is 24.0. The molecular formula is C41H56N2O6. The van der Waals surface area contributed by atoms with Gasteiger partial charge in [0.15, 0.2) is 11.5 Å². The van der Waals surface area contributed by atoms with Crippen LogP contribution in [0.1, 0.15) is 143 Å². The number of hydrazone groups is 1. The maximum atomic E-state index is 13.1. The van der Waals surface area contributed by atoms with E-state index < -0.39 is 11.9 Å². The molecular weight excluding hydrogens is 616 g/mol. The molecule has 0 bridgehead atoms. The molecule has 0 aromatic heterocycles. The molecule has 3 rings (SSSR count). The van der Waals surface area contributed by atoms with Crippen LogP contribution in [0.5, 0.6) is 23.0 Å². The van der Waals surface area contributed by atoms with Gasteiger partial charge in [0, 0.05) is 5.56 Å². The van der Waals surface area contributed by atoms with Gasteiger partial charge in [-0.25, -0.2) is 10.2 Å². The molecule has 49 heavy (non-hydrogen) atoms. The van der Waals surface area contributed by atoms with Gasteiger partial charge in [0.05, 0.1) is 25.0 Å². The number of carbonyl (C=O) groups excluding carboxylic acids is 2. The summed E-state index contributed by atoms with van der Waals surface area (Å²) in [6, 6.07) is 18.6. The van der Waals surface area contributed by atoms with Gasteiger partial charge in [-0.15, -0.1) is 0 Å². The lowest BCUT2D eigenvalue weighted by Crippen LogP contribution is -2.18. The van der Waals surface area contributed by atoms with Crippen molar-refractivity contribution in [2.75, 3.05) is 13.2 Å². The number of benzene rings is 3. The molecule has 0 radical (unpaired) electrons. The molecule has 1 amide bonds. The van der Waals surface area contributed by atoms with Crippen molar-refractivity contribution in [3.63, 3.8) is 0 Å². The number of phenolic OH excluding ortho intramolecular Hbond substituents is 1. The van der Waals surface area contributed by atoms with E-state index in [9.17, 15) is 14.7 Å². The fraction of sp³-hybridized carbons (Fsp3) is 0.488. The van der Waals surface area contributed by atoms with E-state index in [1.165, 1.54) is 82.6 Å². The van der Waals surface area contributed by atoms with Crippen molar-refractivity contribution in [1.29, 1.82) is 0 Å². The van der Waals surface area contributed by atoms with Crippen LogP contribution < -0.4 is 19.6 Å². The van der Waals surface area contributed by atoms with Crippen molar-refractivity contribution in [1.82, 2.24) is 5.43 Å². The monoisotopic (exact) mass is 672 g/mol. The lowest BCUT2D eigenvalue weighted by Gasteiger charge is -2.14. The third-order valence-electron chi connectivity index (χ3n) is 8.29. The third kappa shape index (κ3) is 15.6. The van der Waals surface area contributed by atoms with E-state index in [1.54, 1.807) is 48.5 Å². The molecule has 0 saturated carbocycles. The van der Waals surface area contributed by atoms with Crippen molar-refractivity contribution in [2.45, 2.75) is 117 Å². The van der Waals surface area contributed by atoms with Gasteiger partial charge in [-0.05, 0) is 66.9 Å². The number of hydrogen-bond donors (Lipinski definition) is 2. The normalized spacial score (nSPS) is 11.1. The first kappa shape index (κ1) is 39.1. The number of carbonyl (C=O) groups is 2. The predicted molar refractivity (Wildman–Crippen MR) is 197 cm³/mol. The van der Waals surface area contributed by atoms with Crippen LogP contribution in [0.2, 0.25) is 0 Å². The van der Waals surface area contributed by atoms with Crippen LogP contribution in [-0.2, 0) is 0 Å². The fourth-order valence-corrected chi connectivity index (χ4v) is 5.36. The molecule has 0 aliphatic heterocycles. The van der Waals surface area contributed by atoms with Gasteiger partial charge in [0.2, 0.25) is 5.75 Å². The van der Waals surface area contributed by atoms with E-state index in [2.05, 4.69) is 24.4 Å². The molecule has 0 aliphatic rings. The molecule has 0 heterocycles. The minimum Gasteiger partial charge on any atom is -0.502 e. The van der Waals surface area contributed by atoms with Gasteiger partial charge in [0.1, 0.15) is 5.75 Å². The molecule has 0 spiro atoms. The van der Waals surface area contributed by atoms with Gasteiger partial charge in [-0.2, -0.15) is 5.10 Å². The Morgan fingerprint density at radius 2 is 1.14 bits per heavy atom. The summed E-state index contributed by atoms with van der Waals surface area (Å²) in [4.78, 5) is 25.4. The Balaban J connectivity index is 1.55. The highest BCUT2D eigenvalue weighted by molar-refractivity contribution is 5.96. The highest BCUT2D eigenvalue weighted by Gasteiger charge is 2.17. The molecule has 3 aromatic rings. The number of ether oxygens (including phenoxy) is 3.